The summed E-state index contributed by atoms with van der Waals surface area (Å²) in [5.41, 5.74) is 2.98. The highest BCUT2D eigenvalue weighted by Gasteiger charge is 2.11. The van der Waals surface area contributed by atoms with E-state index in [0.29, 0.717) is 5.56 Å². The lowest BCUT2D eigenvalue weighted by Gasteiger charge is -2.06. The van der Waals surface area contributed by atoms with E-state index in [2.05, 4.69) is 17.7 Å². The van der Waals surface area contributed by atoms with Crippen LogP contribution in [-0.4, -0.2) is 31.4 Å². The van der Waals surface area contributed by atoms with Crippen LogP contribution in [0.3, 0.4) is 0 Å². The molecule has 0 atom stereocenters. The molecule has 0 radical (unpaired) electrons. The molecule has 0 aliphatic rings. The van der Waals surface area contributed by atoms with Crippen LogP contribution in [0, 0.1) is 0 Å². The Labute approximate surface area is 119 Å². The molecular weight excluding hydrogens is 254 g/mol. The molecule has 0 unspecified atom stereocenters. The average Bonchev–Trinajstić information content (AvgIpc) is 2.84. The van der Waals surface area contributed by atoms with Gasteiger partial charge in [-0.05, 0) is 30.5 Å². The number of rotatable bonds is 6. The first kappa shape index (κ1) is 14.6. The predicted molar refractivity (Wildman–Crippen MR) is 79.1 cm³/mol. The fourth-order valence-corrected chi connectivity index (χ4v) is 2.46. The Balaban J connectivity index is 2.41. The number of esters is 1. The van der Waals surface area contributed by atoms with Gasteiger partial charge in [0, 0.05) is 37.4 Å². The van der Waals surface area contributed by atoms with Crippen LogP contribution in [0.4, 0.5) is 0 Å². The number of ether oxygens (including phenoxy) is 2. The molecule has 108 valence electrons. The molecule has 1 aromatic heterocycles. The number of carbonyl (C=O) groups is 1. The molecule has 1 aromatic carbocycles. The summed E-state index contributed by atoms with van der Waals surface area (Å²) in [6, 6.07) is 5.74. The largest absolute Gasteiger partial charge is 0.465 e. The third kappa shape index (κ3) is 2.85. The van der Waals surface area contributed by atoms with Crippen molar-refractivity contribution in [2.24, 2.45) is 0 Å². The fourth-order valence-electron chi connectivity index (χ4n) is 2.46. The number of nitrogens with zero attached hydrogens (tertiary/aromatic N) is 1. The summed E-state index contributed by atoms with van der Waals surface area (Å²) in [6.07, 6.45) is 4.10. The van der Waals surface area contributed by atoms with Gasteiger partial charge < -0.3 is 14.0 Å². The molecule has 0 aliphatic heterocycles. The van der Waals surface area contributed by atoms with Crippen molar-refractivity contribution >= 4 is 16.9 Å². The number of aromatic nitrogens is 1. The van der Waals surface area contributed by atoms with E-state index in [1.54, 1.807) is 7.11 Å². The molecule has 0 spiro atoms. The minimum atomic E-state index is -0.297. The third-order valence-electron chi connectivity index (χ3n) is 3.51. The number of aryl methyl sites for hydroxylation is 2. The van der Waals surface area contributed by atoms with Crippen molar-refractivity contribution < 1.29 is 14.3 Å². The van der Waals surface area contributed by atoms with Crippen LogP contribution in [0.25, 0.3) is 10.9 Å². The van der Waals surface area contributed by atoms with Crippen molar-refractivity contribution in [3.8, 4) is 0 Å². The first-order valence-corrected chi connectivity index (χ1v) is 6.90. The lowest BCUT2D eigenvalue weighted by molar-refractivity contribution is 0.0601. The van der Waals surface area contributed by atoms with Crippen molar-refractivity contribution in [2.75, 3.05) is 20.8 Å². The average molecular weight is 275 g/mol. The van der Waals surface area contributed by atoms with Gasteiger partial charge in [0.25, 0.3) is 0 Å². The van der Waals surface area contributed by atoms with Crippen molar-refractivity contribution in [3.05, 3.63) is 35.5 Å². The second kappa shape index (κ2) is 6.57. The highest BCUT2D eigenvalue weighted by Crippen LogP contribution is 2.24. The van der Waals surface area contributed by atoms with Gasteiger partial charge in [0.2, 0.25) is 0 Å². The zero-order valence-corrected chi connectivity index (χ0v) is 12.3. The van der Waals surface area contributed by atoms with E-state index in [-0.39, 0.29) is 5.97 Å². The summed E-state index contributed by atoms with van der Waals surface area (Å²) in [5.74, 6) is -0.297. The van der Waals surface area contributed by atoms with E-state index in [4.69, 9.17) is 9.47 Å². The van der Waals surface area contributed by atoms with Gasteiger partial charge in [0.15, 0.2) is 0 Å². The number of methoxy groups -OCH3 is 2. The van der Waals surface area contributed by atoms with Gasteiger partial charge in [-0.3, -0.25) is 0 Å². The summed E-state index contributed by atoms with van der Waals surface area (Å²) in [7, 11) is 3.11. The SMILES string of the molecule is CCc1cn(CCCOC)c2cc(C(=O)OC)ccc12. The molecule has 0 amide bonds. The summed E-state index contributed by atoms with van der Waals surface area (Å²) >= 11 is 0. The zero-order valence-electron chi connectivity index (χ0n) is 12.3. The van der Waals surface area contributed by atoms with Gasteiger partial charge in [-0.2, -0.15) is 0 Å². The van der Waals surface area contributed by atoms with Crippen LogP contribution >= 0.6 is 0 Å². The Morgan fingerprint density at radius 3 is 2.75 bits per heavy atom. The van der Waals surface area contributed by atoms with Gasteiger partial charge in [-0.25, -0.2) is 4.79 Å². The van der Waals surface area contributed by atoms with Gasteiger partial charge in [0.1, 0.15) is 0 Å². The number of benzene rings is 1. The maximum atomic E-state index is 11.7. The molecule has 2 aromatic rings. The Morgan fingerprint density at radius 2 is 2.10 bits per heavy atom. The summed E-state index contributed by atoms with van der Waals surface area (Å²) in [5, 5.41) is 1.21. The van der Waals surface area contributed by atoms with Gasteiger partial charge in [-0.15, -0.1) is 0 Å². The van der Waals surface area contributed by atoms with Gasteiger partial charge >= 0.3 is 5.97 Å². The minimum absolute atomic E-state index is 0.297. The lowest BCUT2D eigenvalue weighted by Crippen LogP contribution is -2.03. The predicted octanol–water partition coefficient (Wildman–Crippen LogP) is 3.03. The Bertz CT molecular complexity index is 601. The standard InChI is InChI=1S/C16H21NO3/c1-4-12-11-17(8-5-9-19-2)15-10-13(16(18)20-3)6-7-14(12)15/h6-7,10-11H,4-5,8-9H2,1-3H3. The first-order chi connectivity index (χ1) is 9.71. The summed E-state index contributed by atoms with van der Waals surface area (Å²) in [4.78, 5) is 11.7. The zero-order chi connectivity index (χ0) is 14.5. The molecular formula is C16H21NO3. The Morgan fingerprint density at radius 1 is 1.30 bits per heavy atom. The van der Waals surface area contributed by atoms with E-state index in [0.717, 1.165) is 31.5 Å². The maximum absolute atomic E-state index is 11.7. The summed E-state index contributed by atoms with van der Waals surface area (Å²) in [6.45, 7) is 3.76. The van der Waals surface area contributed by atoms with Crippen molar-refractivity contribution in [3.63, 3.8) is 0 Å². The number of carbonyl (C=O) groups excluding carboxylic acids is 1. The van der Waals surface area contributed by atoms with E-state index >= 15 is 0 Å². The number of hydrogen-bond donors (Lipinski definition) is 0. The molecule has 20 heavy (non-hydrogen) atoms. The molecule has 2 rings (SSSR count). The molecule has 0 saturated carbocycles. The molecule has 0 fully saturated rings. The quantitative estimate of drug-likeness (QED) is 0.601. The minimum Gasteiger partial charge on any atom is -0.465 e. The second-order valence-electron chi connectivity index (χ2n) is 4.77. The van der Waals surface area contributed by atoms with E-state index in [1.807, 2.05) is 18.2 Å². The Kier molecular flexibility index (Phi) is 4.79. The van der Waals surface area contributed by atoms with Crippen LogP contribution in [-0.2, 0) is 22.4 Å². The molecule has 0 bridgehead atoms. The van der Waals surface area contributed by atoms with Crippen molar-refractivity contribution in [1.82, 2.24) is 4.57 Å². The fraction of sp³-hybridized carbons (Fsp3) is 0.438. The van der Waals surface area contributed by atoms with E-state index in [1.165, 1.54) is 18.1 Å². The second-order valence-corrected chi connectivity index (χ2v) is 4.77. The van der Waals surface area contributed by atoms with Crippen molar-refractivity contribution in [2.45, 2.75) is 26.3 Å². The molecule has 4 heteroatoms. The van der Waals surface area contributed by atoms with Crippen LogP contribution in [0.5, 0.6) is 0 Å². The van der Waals surface area contributed by atoms with Gasteiger partial charge in [0.05, 0.1) is 12.7 Å². The van der Waals surface area contributed by atoms with Gasteiger partial charge in [-0.1, -0.05) is 13.0 Å². The van der Waals surface area contributed by atoms with Crippen molar-refractivity contribution in [1.29, 1.82) is 0 Å². The highest BCUT2D eigenvalue weighted by atomic mass is 16.5. The van der Waals surface area contributed by atoms with E-state index < -0.39 is 0 Å². The number of hydrogen-bond acceptors (Lipinski definition) is 3. The van der Waals surface area contributed by atoms with Crippen LogP contribution in [0.1, 0.15) is 29.3 Å². The highest BCUT2D eigenvalue weighted by molar-refractivity contribution is 5.95. The summed E-state index contributed by atoms with van der Waals surface area (Å²) < 4.78 is 12.1. The Hall–Kier alpha value is -1.81. The number of fused-ring (bicyclic) bond motifs is 1. The molecule has 4 nitrogen and oxygen atoms in total. The molecule has 0 aliphatic carbocycles. The topological polar surface area (TPSA) is 40.5 Å². The molecule has 1 heterocycles. The lowest BCUT2D eigenvalue weighted by atomic mass is 10.1. The molecule has 0 saturated heterocycles. The van der Waals surface area contributed by atoms with Crippen LogP contribution in [0.2, 0.25) is 0 Å². The van der Waals surface area contributed by atoms with Crippen LogP contribution < -0.4 is 0 Å². The smallest absolute Gasteiger partial charge is 0.337 e. The third-order valence-corrected chi connectivity index (χ3v) is 3.51. The molecule has 0 N–H and O–H groups in total. The maximum Gasteiger partial charge on any atom is 0.337 e. The van der Waals surface area contributed by atoms with E-state index in [9.17, 15) is 4.79 Å². The monoisotopic (exact) mass is 275 g/mol. The van der Waals surface area contributed by atoms with Crippen LogP contribution in [0.15, 0.2) is 24.4 Å². The normalized spacial score (nSPS) is 10.9. The first-order valence-electron chi connectivity index (χ1n) is 6.90.